The Morgan fingerprint density at radius 2 is 1.94 bits per heavy atom. The van der Waals surface area contributed by atoms with Crippen LogP contribution in [0.15, 0.2) is 54.0 Å². The van der Waals surface area contributed by atoms with E-state index in [-0.39, 0.29) is 30.3 Å². The number of nitro groups is 1. The van der Waals surface area contributed by atoms with E-state index < -0.39 is 10.9 Å². The largest absolute Gasteiger partial charge is 1.00 e. The number of hydrogen-bond acceptors (Lipinski definition) is 7. The lowest BCUT2D eigenvalue weighted by Crippen LogP contribution is -3.00. The molecule has 0 bridgehead atoms. The van der Waals surface area contributed by atoms with Crippen LogP contribution in [0.4, 0.5) is 11.4 Å². The van der Waals surface area contributed by atoms with Crippen molar-refractivity contribution in [2.75, 3.05) is 37.8 Å². The predicted octanol–water partition coefficient (Wildman–Crippen LogP) is 0.541. The number of carbonyl (C=O) groups is 1. The van der Waals surface area contributed by atoms with Gasteiger partial charge in [0.05, 0.1) is 35.2 Å². The average molecular weight is 504 g/mol. The van der Waals surface area contributed by atoms with Crippen molar-refractivity contribution in [2.45, 2.75) is 19.9 Å². The topological polar surface area (TPSA) is 85.8 Å². The third kappa shape index (κ3) is 6.11. The molecule has 0 atom stereocenters. The monoisotopic (exact) mass is 503 g/mol. The fourth-order valence-electron chi connectivity index (χ4n) is 3.82. The lowest BCUT2D eigenvalue weighted by atomic mass is 10.1. The van der Waals surface area contributed by atoms with Gasteiger partial charge in [-0.05, 0) is 12.1 Å². The van der Waals surface area contributed by atoms with Gasteiger partial charge in [-0.25, -0.2) is 4.79 Å². The highest BCUT2D eigenvalue weighted by atomic mass is 35.5. The van der Waals surface area contributed by atoms with E-state index in [4.69, 9.17) is 9.47 Å². The summed E-state index contributed by atoms with van der Waals surface area (Å²) < 4.78 is 12.9. The number of morpholine rings is 1. The SMILES string of the molecule is Cc1c(CCOC(=O)c2ccc(N3CCOCC3)c([N+](=O)[O-])c2)sc[n+]1Cc1ccccc1.[Cl-]. The van der Waals surface area contributed by atoms with Crippen LogP contribution in [0.1, 0.15) is 26.5 Å². The zero-order valence-corrected chi connectivity index (χ0v) is 20.4. The summed E-state index contributed by atoms with van der Waals surface area (Å²) in [6.07, 6.45) is 0.595. The number of hydrogen-bond donors (Lipinski definition) is 0. The quantitative estimate of drug-likeness (QED) is 0.193. The lowest BCUT2D eigenvalue weighted by Gasteiger charge is -2.28. The summed E-state index contributed by atoms with van der Waals surface area (Å²) in [6.45, 7) is 5.27. The highest BCUT2D eigenvalue weighted by Crippen LogP contribution is 2.30. The van der Waals surface area contributed by atoms with Gasteiger partial charge in [-0.1, -0.05) is 41.7 Å². The first-order valence-corrected chi connectivity index (χ1v) is 11.7. The molecule has 0 aliphatic carbocycles. The molecule has 1 fully saturated rings. The van der Waals surface area contributed by atoms with E-state index in [1.807, 2.05) is 23.1 Å². The predicted molar refractivity (Wildman–Crippen MR) is 125 cm³/mol. The third-order valence-corrected chi connectivity index (χ3v) is 6.82. The Labute approximate surface area is 208 Å². The number of benzene rings is 2. The number of carbonyl (C=O) groups excluding carboxylic acids is 1. The highest BCUT2D eigenvalue weighted by Gasteiger charge is 2.24. The number of aromatic nitrogens is 1. The van der Waals surface area contributed by atoms with Gasteiger partial charge in [0.1, 0.15) is 5.69 Å². The van der Waals surface area contributed by atoms with Crippen LogP contribution in [0.5, 0.6) is 0 Å². The fraction of sp³-hybridized carbons (Fsp3) is 0.333. The number of esters is 1. The second-order valence-corrected chi connectivity index (χ2v) is 8.73. The van der Waals surface area contributed by atoms with Gasteiger partial charge in [0.25, 0.3) is 5.69 Å². The molecule has 4 rings (SSSR count). The number of thiazole rings is 1. The van der Waals surface area contributed by atoms with Crippen molar-refractivity contribution in [1.82, 2.24) is 0 Å². The van der Waals surface area contributed by atoms with Gasteiger partial charge in [0, 0.05) is 38.1 Å². The Balaban J connectivity index is 0.00000324. The van der Waals surface area contributed by atoms with Crippen molar-refractivity contribution in [3.63, 3.8) is 0 Å². The summed E-state index contributed by atoms with van der Waals surface area (Å²) in [5.41, 5.74) is 5.03. The van der Waals surface area contributed by atoms with E-state index in [9.17, 15) is 14.9 Å². The molecule has 10 heteroatoms. The van der Waals surface area contributed by atoms with Gasteiger partial charge in [0.2, 0.25) is 5.51 Å². The van der Waals surface area contributed by atoms with Crippen molar-refractivity contribution in [3.05, 3.63) is 85.9 Å². The van der Waals surface area contributed by atoms with Gasteiger partial charge < -0.3 is 26.8 Å². The van der Waals surface area contributed by atoms with E-state index in [1.54, 1.807) is 23.5 Å². The Morgan fingerprint density at radius 3 is 2.65 bits per heavy atom. The minimum Gasteiger partial charge on any atom is -1.00 e. The maximum Gasteiger partial charge on any atom is 0.338 e. The van der Waals surface area contributed by atoms with Gasteiger partial charge in [-0.2, -0.15) is 4.57 Å². The number of rotatable bonds is 8. The molecule has 0 amide bonds. The number of nitro benzene ring substituents is 1. The van der Waals surface area contributed by atoms with Crippen LogP contribution in [0, 0.1) is 17.0 Å². The summed E-state index contributed by atoms with van der Waals surface area (Å²) in [4.78, 5) is 26.7. The van der Waals surface area contributed by atoms with Gasteiger partial charge in [-0.3, -0.25) is 10.1 Å². The Kier molecular flexibility index (Phi) is 8.98. The molecule has 2 aromatic carbocycles. The van der Waals surface area contributed by atoms with E-state index >= 15 is 0 Å². The minimum absolute atomic E-state index is 0. The minimum atomic E-state index is -0.557. The van der Waals surface area contributed by atoms with Crippen LogP contribution < -0.4 is 21.9 Å². The second-order valence-electron chi connectivity index (χ2n) is 7.79. The van der Waals surface area contributed by atoms with Crippen molar-refractivity contribution < 1.29 is 36.2 Å². The number of halogens is 1. The summed E-state index contributed by atoms with van der Waals surface area (Å²) in [5.74, 6) is -0.557. The molecule has 8 nitrogen and oxygen atoms in total. The smallest absolute Gasteiger partial charge is 0.338 e. The Bertz CT molecular complexity index is 1130. The van der Waals surface area contributed by atoms with E-state index in [1.165, 1.54) is 11.6 Å². The van der Waals surface area contributed by atoms with Crippen LogP contribution in [-0.2, 0) is 22.4 Å². The fourth-order valence-corrected chi connectivity index (χ4v) is 4.79. The molecular formula is C24H26ClN3O5S. The maximum absolute atomic E-state index is 12.5. The van der Waals surface area contributed by atoms with Crippen LogP contribution in [0.3, 0.4) is 0 Å². The third-order valence-electron chi connectivity index (χ3n) is 5.67. The van der Waals surface area contributed by atoms with Gasteiger partial charge in [-0.15, -0.1) is 0 Å². The number of nitrogens with zero attached hydrogens (tertiary/aromatic N) is 3. The van der Waals surface area contributed by atoms with E-state index in [0.29, 0.717) is 38.4 Å². The highest BCUT2D eigenvalue weighted by molar-refractivity contribution is 7.09. The van der Waals surface area contributed by atoms with E-state index in [2.05, 4.69) is 29.1 Å². The zero-order valence-electron chi connectivity index (χ0n) is 18.8. The molecule has 34 heavy (non-hydrogen) atoms. The summed E-state index contributed by atoms with van der Waals surface area (Å²) in [6, 6.07) is 14.7. The maximum atomic E-state index is 12.5. The number of anilines is 1. The average Bonchev–Trinajstić information content (AvgIpc) is 3.18. The Morgan fingerprint density at radius 1 is 1.21 bits per heavy atom. The summed E-state index contributed by atoms with van der Waals surface area (Å²) >= 11 is 1.63. The van der Waals surface area contributed by atoms with Crippen molar-refractivity contribution in [1.29, 1.82) is 0 Å². The molecular weight excluding hydrogens is 478 g/mol. The second kappa shape index (κ2) is 11.9. The van der Waals surface area contributed by atoms with Crippen molar-refractivity contribution >= 4 is 28.7 Å². The van der Waals surface area contributed by atoms with E-state index in [0.717, 1.165) is 17.1 Å². The molecule has 1 aliphatic rings. The van der Waals surface area contributed by atoms with Crippen molar-refractivity contribution in [3.8, 4) is 0 Å². The molecule has 1 aromatic heterocycles. The molecule has 180 valence electrons. The summed E-state index contributed by atoms with van der Waals surface area (Å²) in [5, 5.41) is 11.6. The molecule has 0 saturated carbocycles. The first-order valence-electron chi connectivity index (χ1n) is 10.8. The normalized spacial score (nSPS) is 13.3. The number of ether oxygens (including phenoxy) is 2. The summed E-state index contributed by atoms with van der Waals surface area (Å²) in [7, 11) is 0. The molecule has 0 unspecified atom stereocenters. The molecule has 1 aliphatic heterocycles. The molecule has 3 aromatic rings. The molecule has 1 saturated heterocycles. The first-order chi connectivity index (χ1) is 16.0. The van der Waals surface area contributed by atoms with Crippen molar-refractivity contribution in [2.24, 2.45) is 0 Å². The zero-order chi connectivity index (χ0) is 23.2. The molecule has 0 spiro atoms. The van der Waals surface area contributed by atoms with Crippen LogP contribution in [0.25, 0.3) is 0 Å². The standard InChI is InChI=1S/C24H26N3O5S.ClH/c1-18-23(33-17-26(18)16-19-5-3-2-4-6-19)9-12-32-24(28)20-7-8-21(22(15-20)27(29)30)25-10-13-31-14-11-25;/h2-8,15,17H,9-14,16H2,1H3;1H/q+1;/p-1. The molecule has 0 radical (unpaired) electrons. The molecule has 2 heterocycles. The van der Waals surface area contributed by atoms with Crippen LogP contribution in [-0.4, -0.2) is 43.8 Å². The van der Waals surface area contributed by atoms with Gasteiger partial charge in [0.15, 0.2) is 12.2 Å². The van der Waals surface area contributed by atoms with Crippen LogP contribution >= 0.6 is 11.3 Å². The van der Waals surface area contributed by atoms with Crippen LogP contribution in [0.2, 0.25) is 0 Å². The Hall–Kier alpha value is -3.01. The molecule has 0 N–H and O–H groups in total. The van der Waals surface area contributed by atoms with Gasteiger partial charge >= 0.3 is 5.97 Å². The lowest BCUT2D eigenvalue weighted by molar-refractivity contribution is -0.689. The first kappa shape index (κ1) is 25.6.